The van der Waals surface area contributed by atoms with Gasteiger partial charge in [-0.1, -0.05) is 6.92 Å². The number of amides is 1. The van der Waals surface area contributed by atoms with E-state index in [4.69, 9.17) is 0 Å². The maximum Gasteiger partial charge on any atom is 0.226 e. The van der Waals surface area contributed by atoms with Crippen LogP contribution < -0.4 is 5.32 Å². The number of carbonyl (C=O) groups excluding carboxylic acids is 1. The molecule has 2 bridgehead atoms. The maximum atomic E-state index is 13.0. The molecule has 1 N–H and O–H groups in total. The fourth-order valence-electron chi connectivity index (χ4n) is 4.01. The van der Waals surface area contributed by atoms with Gasteiger partial charge >= 0.3 is 0 Å². The van der Waals surface area contributed by atoms with Crippen molar-refractivity contribution in [1.82, 2.24) is 10.2 Å². The number of rotatable bonds is 5. The van der Waals surface area contributed by atoms with E-state index in [9.17, 15) is 17.6 Å². The summed E-state index contributed by atoms with van der Waals surface area (Å²) in [5.74, 6) is -1.52. The third-order valence-electron chi connectivity index (χ3n) is 5.41. The first-order chi connectivity index (χ1) is 11.8. The van der Waals surface area contributed by atoms with E-state index in [1.807, 2.05) is 0 Å². The minimum absolute atomic E-state index is 0.0520. The molecule has 0 spiro atoms. The minimum Gasteiger partial charge on any atom is -0.342 e. The van der Waals surface area contributed by atoms with Crippen LogP contribution in [0.1, 0.15) is 32.6 Å². The van der Waals surface area contributed by atoms with Crippen molar-refractivity contribution in [2.24, 2.45) is 5.92 Å². The van der Waals surface area contributed by atoms with Gasteiger partial charge in [0.1, 0.15) is 5.82 Å². The van der Waals surface area contributed by atoms with Crippen LogP contribution in [0.3, 0.4) is 0 Å². The Labute approximate surface area is 148 Å². The molecule has 0 aliphatic carbocycles. The summed E-state index contributed by atoms with van der Waals surface area (Å²) in [6.07, 6.45) is 4.15. The highest BCUT2D eigenvalue weighted by molar-refractivity contribution is 7.91. The molecule has 1 aromatic carbocycles. The van der Waals surface area contributed by atoms with Gasteiger partial charge in [-0.3, -0.25) is 4.79 Å². The number of nitrogens with one attached hydrogen (secondary N) is 1. The molecular weight excluding hydrogens is 343 g/mol. The highest BCUT2D eigenvalue weighted by Gasteiger charge is 2.37. The summed E-state index contributed by atoms with van der Waals surface area (Å²) >= 11 is 0. The van der Waals surface area contributed by atoms with Gasteiger partial charge in [-0.15, -0.1) is 0 Å². The Morgan fingerprint density at radius 1 is 1.24 bits per heavy atom. The monoisotopic (exact) mass is 368 g/mol. The Bertz CT molecular complexity index is 723. The van der Waals surface area contributed by atoms with E-state index in [0.717, 1.165) is 37.8 Å². The predicted octanol–water partition coefficient (Wildman–Crippen LogP) is 1.98. The molecular formula is C18H25FN2O3S. The SMILES string of the molecule is CC(CS(=O)(=O)c1ccc(F)cc1)C(=O)N(C)C1CC2CCC(C1)N2. The van der Waals surface area contributed by atoms with Crippen LogP contribution in [0.15, 0.2) is 29.2 Å². The molecule has 1 aromatic rings. The number of hydrogen-bond acceptors (Lipinski definition) is 4. The topological polar surface area (TPSA) is 66.5 Å². The molecule has 1 amide bonds. The molecule has 2 fully saturated rings. The normalized spacial score (nSPS) is 27.1. The minimum atomic E-state index is -3.62. The van der Waals surface area contributed by atoms with Crippen molar-refractivity contribution in [1.29, 1.82) is 0 Å². The van der Waals surface area contributed by atoms with E-state index in [1.165, 1.54) is 12.1 Å². The molecule has 2 heterocycles. The summed E-state index contributed by atoms with van der Waals surface area (Å²) in [5, 5.41) is 3.54. The van der Waals surface area contributed by atoms with Crippen LogP contribution in [0, 0.1) is 11.7 Å². The van der Waals surface area contributed by atoms with Gasteiger partial charge in [0.05, 0.1) is 10.6 Å². The second kappa shape index (κ2) is 7.03. The lowest BCUT2D eigenvalue weighted by molar-refractivity contribution is -0.135. The van der Waals surface area contributed by atoms with Crippen molar-refractivity contribution in [2.45, 2.75) is 55.6 Å². The Morgan fingerprint density at radius 3 is 2.36 bits per heavy atom. The first-order valence-electron chi connectivity index (χ1n) is 8.77. The van der Waals surface area contributed by atoms with E-state index >= 15 is 0 Å². The van der Waals surface area contributed by atoms with Gasteiger partial charge in [-0.25, -0.2) is 12.8 Å². The Kier molecular flexibility index (Phi) is 5.16. The second-order valence-corrected chi connectivity index (χ2v) is 9.38. The Balaban J connectivity index is 1.64. The molecule has 2 aliphatic heterocycles. The summed E-state index contributed by atoms with van der Waals surface area (Å²) in [7, 11) is -1.84. The lowest BCUT2D eigenvalue weighted by Crippen LogP contribution is -2.50. The molecule has 2 aliphatic rings. The smallest absolute Gasteiger partial charge is 0.226 e. The number of halogens is 1. The van der Waals surface area contributed by atoms with Crippen molar-refractivity contribution >= 4 is 15.7 Å². The molecule has 3 atom stereocenters. The number of nitrogens with zero attached hydrogens (tertiary/aromatic N) is 1. The largest absolute Gasteiger partial charge is 0.342 e. The van der Waals surface area contributed by atoms with E-state index in [0.29, 0.717) is 12.1 Å². The van der Waals surface area contributed by atoms with Crippen LogP contribution >= 0.6 is 0 Å². The lowest BCUT2D eigenvalue weighted by atomic mass is 9.97. The maximum absolute atomic E-state index is 13.0. The molecule has 2 saturated heterocycles. The van der Waals surface area contributed by atoms with Crippen molar-refractivity contribution in [3.63, 3.8) is 0 Å². The van der Waals surface area contributed by atoms with E-state index in [1.54, 1.807) is 18.9 Å². The Morgan fingerprint density at radius 2 is 1.80 bits per heavy atom. The summed E-state index contributed by atoms with van der Waals surface area (Å²) in [6, 6.07) is 5.84. The highest BCUT2D eigenvalue weighted by Crippen LogP contribution is 2.30. The van der Waals surface area contributed by atoms with Crippen molar-refractivity contribution in [3.8, 4) is 0 Å². The second-order valence-electron chi connectivity index (χ2n) is 7.35. The zero-order valence-corrected chi connectivity index (χ0v) is 15.4. The average molecular weight is 368 g/mol. The molecule has 7 heteroatoms. The van der Waals surface area contributed by atoms with Gasteiger partial charge in [0.25, 0.3) is 0 Å². The average Bonchev–Trinajstić information content (AvgIpc) is 2.91. The number of carbonyl (C=O) groups is 1. The van der Waals surface area contributed by atoms with Crippen LogP contribution in [0.5, 0.6) is 0 Å². The van der Waals surface area contributed by atoms with Gasteiger partial charge in [-0.05, 0) is 49.9 Å². The van der Waals surface area contributed by atoms with E-state index in [-0.39, 0.29) is 22.6 Å². The zero-order chi connectivity index (χ0) is 18.2. The predicted molar refractivity (Wildman–Crippen MR) is 93.4 cm³/mol. The van der Waals surface area contributed by atoms with E-state index < -0.39 is 21.6 Å². The molecule has 5 nitrogen and oxygen atoms in total. The Hall–Kier alpha value is -1.47. The molecule has 0 aromatic heterocycles. The summed E-state index contributed by atoms with van der Waals surface area (Å²) in [5.41, 5.74) is 0. The number of benzene rings is 1. The first kappa shape index (κ1) is 18.3. The standard InChI is InChI=1S/C18H25FN2O3S/c1-12(11-25(23,24)17-7-3-13(19)4-8-17)18(22)21(2)16-9-14-5-6-15(10-16)20-14/h3-4,7-8,12,14-16,20H,5-6,9-11H2,1-2H3. The van der Waals surface area contributed by atoms with Gasteiger partial charge < -0.3 is 10.2 Å². The van der Waals surface area contributed by atoms with Gasteiger partial charge in [0, 0.05) is 31.1 Å². The van der Waals surface area contributed by atoms with Crippen molar-refractivity contribution < 1.29 is 17.6 Å². The van der Waals surface area contributed by atoms with Crippen LogP contribution in [0.4, 0.5) is 4.39 Å². The van der Waals surface area contributed by atoms with Crippen molar-refractivity contribution in [3.05, 3.63) is 30.1 Å². The number of piperidine rings is 1. The quantitative estimate of drug-likeness (QED) is 0.807. The molecule has 0 saturated carbocycles. The summed E-state index contributed by atoms with van der Waals surface area (Å²) in [4.78, 5) is 14.5. The third kappa shape index (κ3) is 4.03. The van der Waals surface area contributed by atoms with Gasteiger partial charge in [-0.2, -0.15) is 0 Å². The fraction of sp³-hybridized carbons (Fsp3) is 0.611. The molecule has 0 radical (unpaired) electrons. The zero-order valence-electron chi connectivity index (χ0n) is 14.6. The van der Waals surface area contributed by atoms with Crippen molar-refractivity contribution in [2.75, 3.05) is 12.8 Å². The van der Waals surface area contributed by atoms with Gasteiger partial charge in [0.15, 0.2) is 9.84 Å². The van der Waals surface area contributed by atoms with Crippen LogP contribution in [0.25, 0.3) is 0 Å². The highest BCUT2D eigenvalue weighted by atomic mass is 32.2. The number of hydrogen-bond donors (Lipinski definition) is 1. The lowest BCUT2D eigenvalue weighted by Gasteiger charge is -2.36. The molecule has 138 valence electrons. The molecule has 3 unspecified atom stereocenters. The van der Waals surface area contributed by atoms with Gasteiger partial charge in [0.2, 0.25) is 5.91 Å². The third-order valence-corrected chi connectivity index (χ3v) is 7.34. The number of sulfone groups is 1. The molecule has 25 heavy (non-hydrogen) atoms. The van der Waals surface area contributed by atoms with Crippen LogP contribution in [-0.2, 0) is 14.6 Å². The van der Waals surface area contributed by atoms with E-state index in [2.05, 4.69) is 5.32 Å². The summed E-state index contributed by atoms with van der Waals surface area (Å²) in [6.45, 7) is 1.65. The molecule has 3 rings (SSSR count). The fourth-order valence-corrected chi connectivity index (χ4v) is 5.55. The van der Waals surface area contributed by atoms with Crippen LogP contribution in [0.2, 0.25) is 0 Å². The summed E-state index contributed by atoms with van der Waals surface area (Å²) < 4.78 is 37.9. The van der Waals surface area contributed by atoms with Crippen LogP contribution in [-0.4, -0.2) is 50.2 Å². The number of fused-ring (bicyclic) bond motifs is 2. The first-order valence-corrected chi connectivity index (χ1v) is 10.4.